The number of nitrogens with zero attached hydrogens (tertiary/aromatic N) is 1. The van der Waals surface area contributed by atoms with Gasteiger partial charge in [0.2, 0.25) is 0 Å². The third-order valence-electron chi connectivity index (χ3n) is 4.51. The van der Waals surface area contributed by atoms with Gasteiger partial charge in [0.25, 0.3) is 0 Å². The molecule has 0 amide bonds. The maximum atomic E-state index is 10.4. The molecule has 0 spiro atoms. The Hall–Kier alpha value is -2.70. The second kappa shape index (κ2) is 10.6. The summed E-state index contributed by atoms with van der Waals surface area (Å²) >= 11 is 0.404. The minimum atomic E-state index is -4.27. The van der Waals surface area contributed by atoms with Crippen LogP contribution in [0.3, 0.4) is 0 Å². The van der Waals surface area contributed by atoms with Crippen LogP contribution in [0.5, 0.6) is 0 Å². The molecule has 0 saturated heterocycles. The van der Waals surface area contributed by atoms with Crippen LogP contribution in [0.15, 0.2) is 90.0 Å². The number of nitrogens with one attached hydrogen (secondary N) is 1. The normalized spacial score (nSPS) is 11.3. The van der Waals surface area contributed by atoms with Gasteiger partial charge in [-0.2, -0.15) is 0 Å². The van der Waals surface area contributed by atoms with Gasteiger partial charge in [-0.15, -0.1) is 0 Å². The number of fused-ring (bicyclic) bond motifs is 1. The van der Waals surface area contributed by atoms with E-state index in [4.69, 9.17) is 0 Å². The summed E-state index contributed by atoms with van der Waals surface area (Å²) in [6.07, 6.45) is 4.25. The number of benzene rings is 3. The van der Waals surface area contributed by atoms with Crippen LogP contribution in [0.25, 0.3) is 15.9 Å². The molecule has 5 nitrogen and oxygen atoms in total. The Kier molecular flexibility index (Phi) is 7.82. The first-order valence-electron chi connectivity index (χ1n) is 9.80. The van der Waals surface area contributed by atoms with Crippen molar-refractivity contribution in [3.63, 3.8) is 0 Å². The van der Waals surface area contributed by atoms with Crippen LogP contribution in [-0.2, 0) is 16.7 Å². The van der Waals surface area contributed by atoms with Crippen molar-refractivity contribution in [2.45, 2.75) is 25.3 Å². The summed E-state index contributed by atoms with van der Waals surface area (Å²) in [6.45, 7) is 5.04. The molecule has 0 aliphatic heterocycles. The van der Waals surface area contributed by atoms with Gasteiger partial charge in [0.15, 0.2) is 0 Å². The second-order valence-corrected chi connectivity index (χ2v) is 10.4. The first kappa shape index (κ1) is 23.0. The summed E-state index contributed by atoms with van der Waals surface area (Å²) in [4.78, 5) is -0.178. The SMILES string of the molecule is CC[n+]1c(C=CNc2ccccc2)[se]c2ccccc21.Cc1ccc(S(=O)(=O)[O-])cc1. The fourth-order valence-electron chi connectivity index (χ4n) is 2.95. The van der Waals surface area contributed by atoms with Gasteiger partial charge in [-0.25, -0.2) is 8.42 Å². The Morgan fingerprint density at radius 1 is 0.968 bits per heavy atom. The number of aromatic nitrogens is 1. The van der Waals surface area contributed by atoms with Crippen LogP contribution in [0.2, 0.25) is 0 Å². The van der Waals surface area contributed by atoms with E-state index in [2.05, 4.69) is 59.3 Å². The first-order valence-corrected chi connectivity index (χ1v) is 12.9. The summed E-state index contributed by atoms with van der Waals surface area (Å²) < 4.78 is 36.4. The molecule has 1 aromatic heterocycles. The Bertz CT molecular complexity index is 1270. The Balaban J connectivity index is 0.000000210. The minimum Gasteiger partial charge on any atom is -0.744 e. The van der Waals surface area contributed by atoms with Crippen molar-refractivity contribution in [2.24, 2.45) is 0 Å². The van der Waals surface area contributed by atoms with Crippen molar-refractivity contribution in [1.82, 2.24) is 0 Å². The van der Waals surface area contributed by atoms with Gasteiger partial charge in [0.1, 0.15) is 10.1 Å². The largest absolute Gasteiger partial charge is 0.744 e. The standard InChI is InChI=1S/C17H16N2Se.C7H8O3S/c1-2-19-15-10-6-7-11-16(15)20-17(19)12-13-18-14-8-4-3-5-9-14;1-6-2-4-7(5-3-6)11(8,9)10/h3-13H,2H2,1H3;2-5H,1H3,(H,8,9,10). The maximum Gasteiger partial charge on any atom is 0.124 e. The van der Waals surface area contributed by atoms with E-state index in [1.807, 2.05) is 31.3 Å². The van der Waals surface area contributed by atoms with Crippen molar-refractivity contribution < 1.29 is 17.5 Å². The molecular formula is C24H24N2O3SSe. The molecular weight excluding hydrogens is 475 g/mol. The van der Waals surface area contributed by atoms with Gasteiger partial charge < -0.3 is 4.55 Å². The minimum absolute atomic E-state index is 0.178. The molecule has 0 saturated carbocycles. The van der Waals surface area contributed by atoms with Crippen LogP contribution in [-0.4, -0.2) is 27.5 Å². The number of para-hydroxylation sites is 2. The smallest absolute Gasteiger partial charge is 0.124 e. The molecule has 0 bridgehead atoms. The van der Waals surface area contributed by atoms with E-state index in [0.29, 0.717) is 14.5 Å². The fraction of sp³-hybridized carbons (Fsp3) is 0.125. The zero-order chi connectivity index (χ0) is 22.3. The third kappa shape index (κ3) is 6.39. The number of rotatable bonds is 5. The Labute approximate surface area is 189 Å². The number of aryl methyl sites for hydroxylation is 2. The number of hydrogen-bond acceptors (Lipinski definition) is 4. The molecule has 7 heteroatoms. The van der Waals surface area contributed by atoms with Gasteiger partial charge in [-0.05, 0) is 19.1 Å². The van der Waals surface area contributed by atoms with E-state index in [1.165, 1.54) is 26.5 Å². The molecule has 4 aromatic rings. The van der Waals surface area contributed by atoms with Crippen LogP contribution < -0.4 is 9.88 Å². The summed E-state index contributed by atoms with van der Waals surface area (Å²) in [5.74, 6) is 0. The molecule has 31 heavy (non-hydrogen) atoms. The monoisotopic (exact) mass is 500 g/mol. The maximum absolute atomic E-state index is 10.4. The summed E-state index contributed by atoms with van der Waals surface area (Å²) in [6, 6.07) is 24.7. The fourth-order valence-corrected chi connectivity index (χ4v) is 5.79. The van der Waals surface area contributed by atoms with Crippen molar-refractivity contribution >= 4 is 46.2 Å². The molecule has 160 valence electrons. The predicted octanol–water partition coefficient (Wildman–Crippen LogP) is 4.19. The van der Waals surface area contributed by atoms with Crippen LogP contribution in [0.1, 0.15) is 17.1 Å². The summed E-state index contributed by atoms with van der Waals surface area (Å²) in [5, 5.41) is 3.32. The van der Waals surface area contributed by atoms with Crippen LogP contribution >= 0.6 is 0 Å². The third-order valence-corrected chi connectivity index (χ3v) is 7.73. The average molecular weight is 499 g/mol. The van der Waals surface area contributed by atoms with Crippen molar-refractivity contribution in [2.75, 3.05) is 5.32 Å². The molecule has 0 radical (unpaired) electrons. The molecule has 1 heterocycles. The van der Waals surface area contributed by atoms with E-state index in [9.17, 15) is 13.0 Å². The van der Waals surface area contributed by atoms with Crippen molar-refractivity contribution in [3.05, 3.63) is 95.2 Å². The molecule has 0 aliphatic rings. The molecule has 3 aromatic carbocycles. The number of hydrogen-bond donors (Lipinski definition) is 1. The Morgan fingerprint density at radius 2 is 1.61 bits per heavy atom. The Morgan fingerprint density at radius 3 is 2.26 bits per heavy atom. The molecule has 4 rings (SSSR count). The van der Waals surface area contributed by atoms with E-state index in [-0.39, 0.29) is 4.90 Å². The van der Waals surface area contributed by atoms with E-state index in [0.717, 1.165) is 17.8 Å². The van der Waals surface area contributed by atoms with Gasteiger partial charge >= 0.3 is 125 Å². The molecule has 1 N–H and O–H groups in total. The molecule has 0 unspecified atom stereocenters. The molecule has 0 aliphatic carbocycles. The second-order valence-electron chi connectivity index (χ2n) is 6.76. The average Bonchev–Trinajstić information content (AvgIpc) is 3.12. The van der Waals surface area contributed by atoms with Crippen LogP contribution in [0, 0.1) is 6.92 Å². The van der Waals surface area contributed by atoms with Gasteiger partial charge in [-0.1, -0.05) is 17.7 Å². The predicted molar refractivity (Wildman–Crippen MR) is 125 cm³/mol. The van der Waals surface area contributed by atoms with E-state index in [1.54, 1.807) is 12.1 Å². The summed E-state index contributed by atoms with van der Waals surface area (Å²) in [5.41, 5.74) is 3.42. The van der Waals surface area contributed by atoms with Crippen LogP contribution in [0.4, 0.5) is 5.69 Å². The van der Waals surface area contributed by atoms with Gasteiger partial charge in [-0.3, -0.25) is 0 Å². The quantitative estimate of drug-likeness (QED) is 0.254. The number of anilines is 1. The first-order chi connectivity index (χ1) is 14.9. The summed E-state index contributed by atoms with van der Waals surface area (Å²) in [7, 11) is -4.27. The topological polar surface area (TPSA) is 73.1 Å². The zero-order valence-electron chi connectivity index (χ0n) is 17.4. The van der Waals surface area contributed by atoms with Crippen molar-refractivity contribution in [1.29, 1.82) is 0 Å². The van der Waals surface area contributed by atoms with Crippen molar-refractivity contribution in [3.8, 4) is 0 Å². The molecule has 0 atom stereocenters. The van der Waals surface area contributed by atoms with E-state index >= 15 is 0 Å². The molecule has 0 fully saturated rings. The van der Waals surface area contributed by atoms with E-state index < -0.39 is 10.1 Å². The van der Waals surface area contributed by atoms with Gasteiger partial charge in [0.05, 0.1) is 4.90 Å². The van der Waals surface area contributed by atoms with Gasteiger partial charge in [0, 0.05) is 0 Å². The zero-order valence-corrected chi connectivity index (χ0v) is 19.9.